The molecule has 0 N–H and O–H groups in total. The summed E-state index contributed by atoms with van der Waals surface area (Å²) in [6.45, 7) is 4.72. The van der Waals surface area contributed by atoms with Crippen LogP contribution in [0.2, 0.25) is 0 Å². The molecule has 0 saturated carbocycles. The number of allylic oxidation sites excluding steroid dienone is 4. The van der Waals surface area contributed by atoms with E-state index in [2.05, 4.69) is 242 Å². The van der Waals surface area contributed by atoms with E-state index in [1.807, 2.05) is 0 Å². The number of anilines is 3. The summed E-state index contributed by atoms with van der Waals surface area (Å²) in [4.78, 5) is 7.82. The molecule has 3 heteroatoms. The van der Waals surface area contributed by atoms with Crippen LogP contribution in [0.4, 0.5) is 17.1 Å². The van der Waals surface area contributed by atoms with Crippen LogP contribution in [0.5, 0.6) is 0 Å². The monoisotopic (exact) mass is 807 g/mol. The van der Waals surface area contributed by atoms with Crippen LogP contribution in [0.15, 0.2) is 218 Å². The number of rotatable bonds is 7. The van der Waals surface area contributed by atoms with Gasteiger partial charge in [0.05, 0.1) is 28.5 Å². The fourth-order valence-electron chi connectivity index (χ4n) is 10.4. The molecule has 10 aromatic rings. The highest BCUT2D eigenvalue weighted by molar-refractivity contribution is 6.11. The van der Waals surface area contributed by atoms with E-state index in [1.165, 1.54) is 55.3 Å². The smallest absolute Gasteiger partial charge is 0.142 e. The lowest BCUT2D eigenvalue weighted by Crippen LogP contribution is -2.14. The standard InChI is InChI=1S/C60H45N3/c1-60(2)53-26-14-13-23-48(53)49-34-31-42(39-54(49)60)45-35-37-56(50-24-11-9-21-46(45)50)62(44-32-29-41(30-33-44)40-17-5-3-6-18-40)57-38-36-52(47-22-10-12-25-51(47)57)59-61-55-27-15-16-28-58(55)63(59)43-19-7-4-8-20-43/h3-19,21-39,43H,20H2,1-2H3. The van der Waals surface area contributed by atoms with Crippen molar-refractivity contribution in [3.63, 3.8) is 0 Å². The number of aromatic nitrogens is 2. The highest BCUT2D eigenvalue weighted by Crippen LogP contribution is 2.51. The molecular weight excluding hydrogens is 763 g/mol. The molecule has 1 heterocycles. The van der Waals surface area contributed by atoms with Crippen LogP contribution in [0.3, 0.4) is 0 Å². The summed E-state index contributed by atoms with van der Waals surface area (Å²) in [6.07, 6.45) is 9.78. The van der Waals surface area contributed by atoms with Gasteiger partial charge in [-0.15, -0.1) is 0 Å². The van der Waals surface area contributed by atoms with Gasteiger partial charge in [0.15, 0.2) is 0 Å². The Balaban J connectivity index is 1.05. The normalized spacial score (nSPS) is 14.9. The van der Waals surface area contributed by atoms with Gasteiger partial charge in [-0.3, -0.25) is 0 Å². The molecule has 3 nitrogen and oxygen atoms in total. The second-order valence-corrected chi connectivity index (χ2v) is 17.4. The van der Waals surface area contributed by atoms with Crippen molar-refractivity contribution in [1.29, 1.82) is 0 Å². The molecule has 1 atom stereocenters. The lowest BCUT2D eigenvalue weighted by molar-refractivity contribution is 0.631. The molecule has 63 heavy (non-hydrogen) atoms. The van der Waals surface area contributed by atoms with E-state index < -0.39 is 0 Å². The molecule has 300 valence electrons. The van der Waals surface area contributed by atoms with Gasteiger partial charge in [0, 0.05) is 27.4 Å². The number of imidazole rings is 1. The van der Waals surface area contributed by atoms with Crippen molar-refractivity contribution in [2.45, 2.75) is 31.7 Å². The summed E-state index contributed by atoms with van der Waals surface area (Å²) in [5.74, 6) is 0.984. The van der Waals surface area contributed by atoms with E-state index in [0.29, 0.717) is 0 Å². The number of benzene rings is 9. The summed E-state index contributed by atoms with van der Waals surface area (Å²) >= 11 is 0. The Morgan fingerprint density at radius 1 is 0.492 bits per heavy atom. The van der Waals surface area contributed by atoms with E-state index in [4.69, 9.17) is 4.98 Å². The van der Waals surface area contributed by atoms with E-state index >= 15 is 0 Å². The zero-order chi connectivity index (χ0) is 42.1. The van der Waals surface area contributed by atoms with Crippen LogP contribution < -0.4 is 4.90 Å². The van der Waals surface area contributed by atoms with Crippen molar-refractivity contribution in [2.75, 3.05) is 4.90 Å². The van der Waals surface area contributed by atoms with Crippen molar-refractivity contribution < 1.29 is 0 Å². The second kappa shape index (κ2) is 14.7. The van der Waals surface area contributed by atoms with Gasteiger partial charge in [0.2, 0.25) is 0 Å². The minimum atomic E-state index is -0.0817. The average molecular weight is 808 g/mol. The molecule has 1 unspecified atom stereocenters. The lowest BCUT2D eigenvalue weighted by Gasteiger charge is -2.29. The Morgan fingerprint density at radius 2 is 1.08 bits per heavy atom. The Kier molecular flexibility index (Phi) is 8.65. The summed E-state index contributed by atoms with van der Waals surface area (Å²) in [7, 11) is 0. The predicted molar refractivity (Wildman–Crippen MR) is 265 cm³/mol. The number of fused-ring (bicyclic) bond motifs is 6. The van der Waals surface area contributed by atoms with Crippen molar-refractivity contribution >= 4 is 49.6 Å². The fraction of sp³-hybridized carbons (Fsp3) is 0.0833. The lowest BCUT2D eigenvalue weighted by atomic mass is 9.81. The molecule has 0 amide bonds. The minimum Gasteiger partial charge on any atom is -0.317 e. The Hall–Kier alpha value is -7.75. The molecule has 1 aromatic heterocycles. The van der Waals surface area contributed by atoms with E-state index in [-0.39, 0.29) is 11.5 Å². The Labute approximate surface area is 368 Å². The van der Waals surface area contributed by atoms with Crippen LogP contribution >= 0.6 is 0 Å². The molecule has 0 fully saturated rings. The quantitative estimate of drug-likeness (QED) is 0.160. The first kappa shape index (κ1) is 37.0. The largest absolute Gasteiger partial charge is 0.317 e. The zero-order valence-corrected chi connectivity index (χ0v) is 35.4. The molecule has 2 aliphatic rings. The van der Waals surface area contributed by atoms with E-state index in [0.717, 1.165) is 56.7 Å². The zero-order valence-electron chi connectivity index (χ0n) is 35.4. The third-order valence-corrected chi connectivity index (χ3v) is 13.5. The average Bonchev–Trinajstić information content (AvgIpc) is 3.84. The maximum atomic E-state index is 5.35. The van der Waals surface area contributed by atoms with Crippen LogP contribution in [0.1, 0.15) is 37.4 Å². The fourth-order valence-corrected chi connectivity index (χ4v) is 10.4. The summed E-state index contributed by atoms with van der Waals surface area (Å²) < 4.78 is 2.43. The molecule has 12 rings (SSSR count). The maximum absolute atomic E-state index is 5.35. The Bertz CT molecular complexity index is 3460. The molecule has 0 radical (unpaired) electrons. The van der Waals surface area contributed by atoms with Crippen molar-refractivity contribution in [3.8, 4) is 44.8 Å². The van der Waals surface area contributed by atoms with Gasteiger partial charge >= 0.3 is 0 Å². The van der Waals surface area contributed by atoms with Crippen molar-refractivity contribution in [1.82, 2.24) is 9.55 Å². The van der Waals surface area contributed by atoms with Crippen molar-refractivity contribution in [2.24, 2.45) is 0 Å². The van der Waals surface area contributed by atoms with E-state index in [9.17, 15) is 0 Å². The molecule has 0 spiro atoms. The topological polar surface area (TPSA) is 21.1 Å². The van der Waals surface area contributed by atoms with Crippen LogP contribution in [0, 0.1) is 0 Å². The van der Waals surface area contributed by atoms with Gasteiger partial charge < -0.3 is 9.47 Å². The first-order valence-electron chi connectivity index (χ1n) is 22.1. The first-order chi connectivity index (χ1) is 31.0. The Morgan fingerprint density at radius 3 is 1.83 bits per heavy atom. The second-order valence-electron chi connectivity index (χ2n) is 17.4. The molecule has 0 aliphatic heterocycles. The maximum Gasteiger partial charge on any atom is 0.142 e. The summed E-state index contributed by atoms with van der Waals surface area (Å²) in [5.41, 5.74) is 16.8. The van der Waals surface area contributed by atoms with Gasteiger partial charge in [-0.05, 0) is 110 Å². The van der Waals surface area contributed by atoms with Crippen molar-refractivity contribution in [3.05, 3.63) is 230 Å². The predicted octanol–water partition coefficient (Wildman–Crippen LogP) is 16.2. The molecule has 0 saturated heterocycles. The van der Waals surface area contributed by atoms with Crippen LogP contribution in [-0.4, -0.2) is 9.55 Å². The molecule has 0 bridgehead atoms. The molecular formula is C60H45N3. The number of para-hydroxylation sites is 2. The SMILES string of the molecule is CC1(C)c2ccccc2-c2ccc(-c3ccc(N(c4ccc(-c5ccccc5)cc4)c4ccc(-c5nc6ccccc6n5C5C=CC=CC5)c5ccccc45)c4ccccc34)cc21. The third-order valence-electron chi connectivity index (χ3n) is 13.5. The van der Waals surface area contributed by atoms with Gasteiger partial charge in [0.25, 0.3) is 0 Å². The highest BCUT2D eigenvalue weighted by Gasteiger charge is 2.35. The van der Waals surface area contributed by atoms with Gasteiger partial charge in [-0.2, -0.15) is 0 Å². The van der Waals surface area contributed by atoms with Gasteiger partial charge in [-0.1, -0.05) is 184 Å². The number of hydrogen-bond acceptors (Lipinski definition) is 2. The van der Waals surface area contributed by atoms with E-state index in [1.54, 1.807) is 0 Å². The first-order valence-corrected chi connectivity index (χ1v) is 22.1. The molecule has 9 aromatic carbocycles. The van der Waals surface area contributed by atoms with Crippen LogP contribution in [-0.2, 0) is 5.41 Å². The third kappa shape index (κ3) is 5.99. The van der Waals surface area contributed by atoms with Gasteiger partial charge in [0.1, 0.15) is 5.82 Å². The van der Waals surface area contributed by atoms with Crippen LogP contribution in [0.25, 0.3) is 77.3 Å². The summed E-state index contributed by atoms with van der Waals surface area (Å²) in [6, 6.07) is 71.5. The molecule has 2 aliphatic carbocycles. The number of nitrogens with zero attached hydrogens (tertiary/aromatic N) is 3. The summed E-state index contributed by atoms with van der Waals surface area (Å²) in [5, 5.41) is 4.74. The van der Waals surface area contributed by atoms with Gasteiger partial charge in [-0.25, -0.2) is 4.98 Å². The highest BCUT2D eigenvalue weighted by atomic mass is 15.1. The minimum absolute atomic E-state index is 0.0817. The number of hydrogen-bond donors (Lipinski definition) is 0.